The van der Waals surface area contributed by atoms with Crippen LogP contribution >= 0.6 is 0 Å². The molecule has 0 aromatic carbocycles. The van der Waals surface area contributed by atoms with E-state index in [0.29, 0.717) is 5.88 Å². The van der Waals surface area contributed by atoms with E-state index in [2.05, 4.69) is 15.2 Å². The molecule has 0 unspecified atom stereocenters. The summed E-state index contributed by atoms with van der Waals surface area (Å²) in [6.45, 7) is 1.83. The number of ether oxygens (including phenoxy) is 1. The molecule has 8 heteroatoms. The van der Waals surface area contributed by atoms with Crippen molar-refractivity contribution in [3.63, 3.8) is 0 Å². The Morgan fingerprint density at radius 1 is 1.35 bits per heavy atom. The summed E-state index contributed by atoms with van der Waals surface area (Å²) in [5.74, 6) is 0.599. The quantitative estimate of drug-likeness (QED) is 0.831. The van der Waals surface area contributed by atoms with E-state index < -0.39 is 10.0 Å². The number of aryl methyl sites for hydroxylation is 1. The Kier molecular flexibility index (Phi) is 2.82. The van der Waals surface area contributed by atoms with E-state index >= 15 is 0 Å². The summed E-state index contributed by atoms with van der Waals surface area (Å²) in [6, 6.07) is 4.41. The van der Waals surface area contributed by atoms with Crippen LogP contribution in [0.2, 0.25) is 0 Å². The Balaban J connectivity index is 2.19. The number of nitrogens with one attached hydrogen (secondary N) is 1. The highest BCUT2D eigenvalue weighted by molar-refractivity contribution is 7.89. The van der Waals surface area contributed by atoms with Crippen LogP contribution in [0, 0.1) is 6.92 Å². The fourth-order valence-electron chi connectivity index (χ4n) is 1.15. The number of H-pyrrole nitrogens is 1. The highest BCUT2D eigenvalue weighted by Crippen LogP contribution is 2.18. The minimum Gasteiger partial charge on any atom is -0.419 e. The van der Waals surface area contributed by atoms with Gasteiger partial charge in [-0.3, -0.25) is 5.10 Å². The van der Waals surface area contributed by atoms with Crippen molar-refractivity contribution in [3.05, 3.63) is 30.1 Å². The SMILES string of the molecule is Cc1cc(Oc2ccc(S(N)(=O)=O)cn2)n[nH]1. The van der Waals surface area contributed by atoms with Crippen molar-refractivity contribution in [2.75, 3.05) is 0 Å². The van der Waals surface area contributed by atoms with Gasteiger partial charge < -0.3 is 4.74 Å². The van der Waals surface area contributed by atoms with E-state index in [4.69, 9.17) is 9.88 Å². The number of sulfonamides is 1. The standard InChI is InChI=1S/C9H10N4O3S/c1-6-4-9(13-12-6)16-8-3-2-7(5-11-8)17(10,14)15/h2-5H,1H3,(H,12,13)(H2,10,14,15). The first-order valence-corrected chi connectivity index (χ1v) is 6.18. The molecule has 0 amide bonds. The lowest BCUT2D eigenvalue weighted by Gasteiger charge is -2.01. The van der Waals surface area contributed by atoms with Crippen LogP contribution in [-0.4, -0.2) is 23.6 Å². The van der Waals surface area contributed by atoms with Crippen molar-refractivity contribution in [2.45, 2.75) is 11.8 Å². The topological polar surface area (TPSA) is 111 Å². The van der Waals surface area contributed by atoms with E-state index in [0.717, 1.165) is 11.9 Å². The molecule has 2 aromatic rings. The van der Waals surface area contributed by atoms with Gasteiger partial charge in [0, 0.05) is 17.8 Å². The molecule has 0 aliphatic rings. The molecule has 0 radical (unpaired) electrons. The van der Waals surface area contributed by atoms with E-state index in [1.807, 2.05) is 6.92 Å². The summed E-state index contributed by atoms with van der Waals surface area (Å²) in [7, 11) is -3.73. The molecule has 0 saturated heterocycles. The Hall–Kier alpha value is -1.93. The molecule has 90 valence electrons. The molecule has 0 atom stereocenters. The van der Waals surface area contributed by atoms with Crippen LogP contribution in [0.3, 0.4) is 0 Å². The van der Waals surface area contributed by atoms with E-state index in [1.54, 1.807) is 6.07 Å². The van der Waals surface area contributed by atoms with Gasteiger partial charge in [-0.1, -0.05) is 0 Å². The van der Waals surface area contributed by atoms with Crippen LogP contribution < -0.4 is 9.88 Å². The summed E-state index contributed by atoms with van der Waals surface area (Å²) in [5, 5.41) is 11.5. The van der Waals surface area contributed by atoms with Gasteiger partial charge in [0.2, 0.25) is 21.8 Å². The van der Waals surface area contributed by atoms with E-state index in [-0.39, 0.29) is 10.8 Å². The van der Waals surface area contributed by atoms with Gasteiger partial charge in [-0.15, -0.1) is 5.10 Å². The van der Waals surface area contributed by atoms with Crippen LogP contribution in [0.5, 0.6) is 11.8 Å². The predicted molar refractivity (Wildman–Crippen MR) is 59.0 cm³/mol. The number of rotatable bonds is 3. The number of nitrogens with zero attached hydrogens (tertiary/aromatic N) is 2. The zero-order chi connectivity index (χ0) is 12.5. The molecule has 7 nitrogen and oxygen atoms in total. The molecule has 0 aliphatic heterocycles. The number of hydrogen-bond acceptors (Lipinski definition) is 5. The summed E-state index contributed by atoms with van der Waals surface area (Å²) in [5.41, 5.74) is 0.848. The normalized spacial score (nSPS) is 11.4. The molecule has 17 heavy (non-hydrogen) atoms. The first kappa shape index (κ1) is 11.6. The molecular weight excluding hydrogens is 244 g/mol. The third-order valence-corrected chi connectivity index (χ3v) is 2.83. The molecule has 0 bridgehead atoms. The van der Waals surface area contributed by atoms with Gasteiger partial charge in [0.05, 0.1) is 6.20 Å². The van der Waals surface area contributed by atoms with Crippen molar-refractivity contribution in [2.24, 2.45) is 5.14 Å². The Morgan fingerprint density at radius 3 is 2.59 bits per heavy atom. The summed E-state index contributed by atoms with van der Waals surface area (Å²) in [4.78, 5) is 3.75. The lowest BCUT2D eigenvalue weighted by molar-refractivity contribution is 0.442. The minimum atomic E-state index is -3.73. The summed E-state index contributed by atoms with van der Waals surface area (Å²) < 4.78 is 27.2. The van der Waals surface area contributed by atoms with Crippen LogP contribution in [-0.2, 0) is 10.0 Å². The molecule has 0 fully saturated rings. The van der Waals surface area contributed by atoms with Crippen molar-refractivity contribution >= 4 is 10.0 Å². The van der Waals surface area contributed by atoms with Crippen molar-refractivity contribution in [3.8, 4) is 11.8 Å². The number of nitrogens with two attached hydrogens (primary N) is 1. The molecule has 2 aromatic heterocycles. The summed E-state index contributed by atoms with van der Waals surface area (Å²) in [6.07, 6.45) is 1.13. The maximum absolute atomic E-state index is 11.0. The van der Waals surface area contributed by atoms with E-state index in [9.17, 15) is 8.42 Å². The fourth-order valence-corrected chi connectivity index (χ4v) is 1.61. The zero-order valence-corrected chi connectivity index (χ0v) is 9.73. The zero-order valence-electron chi connectivity index (χ0n) is 8.91. The molecule has 2 heterocycles. The maximum Gasteiger partial charge on any atom is 0.240 e. The van der Waals surface area contributed by atoms with Gasteiger partial charge >= 0.3 is 0 Å². The number of pyridine rings is 1. The van der Waals surface area contributed by atoms with Crippen molar-refractivity contribution < 1.29 is 13.2 Å². The number of aromatic amines is 1. The molecule has 0 spiro atoms. The second kappa shape index (κ2) is 4.15. The first-order valence-electron chi connectivity index (χ1n) is 4.64. The predicted octanol–water partition coefficient (Wildman–Crippen LogP) is 0.553. The Labute approximate surface area is 97.7 Å². The lowest BCUT2D eigenvalue weighted by atomic mass is 10.5. The summed E-state index contributed by atoms with van der Waals surface area (Å²) >= 11 is 0. The second-order valence-corrected chi connectivity index (χ2v) is 4.93. The Morgan fingerprint density at radius 2 is 2.12 bits per heavy atom. The van der Waals surface area contributed by atoms with E-state index in [1.165, 1.54) is 12.1 Å². The van der Waals surface area contributed by atoms with Crippen molar-refractivity contribution in [1.29, 1.82) is 0 Å². The highest BCUT2D eigenvalue weighted by atomic mass is 32.2. The van der Waals surface area contributed by atoms with Gasteiger partial charge in [-0.25, -0.2) is 18.5 Å². The number of hydrogen-bond donors (Lipinski definition) is 2. The molecule has 0 aliphatic carbocycles. The third-order valence-electron chi connectivity index (χ3n) is 1.93. The van der Waals surface area contributed by atoms with Crippen LogP contribution in [0.25, 0.3) is 0 Å². The van der Waals surface area contributed by atoms with Crippen LogP contribution in [0.15, 0.2) is 29.3 Å². The fraction of sp³-hybridized carbons (Fsp3) is 0.111. The van der Waals surface area contributed by atoms with Gasteiger partial charge in [-0.05, 0) is 13.0 Å². The smallest absolute Gasteiger partial charge is 0.240 e. The monoisotopic (exact) mass is 254 g/mol. The molecular formula is C9H10N4O3S. The molecule has 0 saturated carbocycles. The second-order valence-electron chi connectivity index (χ2n) is 3.37. The lowest BCUT2D eigenvalue weighted by Crippen LogP contribution is -2.12. The molecule has 2 rings (SSSR count). The largest absolute Gasteiger partial charge is 0.419 e. The number of primary sulfonamides is 1. The number of aromatic nitrogens is 3. The van der Waals surface area contributed by atoms with Gasteiger partial charge in [0.15, 0.2) is 0 Å². The first-order chi connectivity index (χ1) is 7.95. The maximum atomic E-state index is 11.0. The van der Waals surface area contributed by atoms with Crippen LogP contribution in [0.1, 0.15) is 5.69 Å². The van der Waals surface area contributed by atoms with Gasteiger partial charge in [0.25, 0.3) is 0 Å². The Bertz CT molecular complexity index is 618. The highest BCUT2D eigenvalue weighted by Gasteiger charge is 2.09. The van der Waals surface area contributed by atoms with Gasteiger partial charge in [0.1, 0.15) is 4.90 Å². The van der Waals surface area contributed by atoms with Gasteiger partial charge in [-0.2, -0.15) is 0 Å². The third kappa shape index (κ3) is 2.80. The average Bonchev–Trinajstić information content (AvgIpc) is 2.63. The van der Waals surface area contributed by atoms with Crippen molar-refractivity contribution in [1.82, 2.24) is 15.2 Å². The average molecular weight is 254 g/mol. The van der Waals surface area contributed by atoms with Crippen LogP contribution in [0.4, 0.5) is 0 Å². The molecule has 3 N–H and O–H groups in total. The minimum absolute atomic E-state index is 0.0666.